The maximum atomic E-state index is 12.8. The lowest BCUT2D eigenvalue weighted by Crippen LogP contribution is -2.42. The average Bonchev–Trinajstić information content (AvgIpc) is 3.29. The van der Waals surface area contributed by atoms with Crippen molar-refractivity contribution in [1.82, 2.24) is 9.88 Å². The summed E-state index contributed by atoms with van der Waals surface area (Å²) in [4.78, 5) is 18.8. The molecular weight excluding hydrogens is 439 g/mol. The van der Waals surface area contributed by atoms with E-state index in [1.165, 1.54) is 6.07 Å². The van der Waals surface area contributed by atoms with Crippen molar-refractivity contribution < 1.29 is 27.4 Å². The van der Waals surface area contributed by atoms with E-state index in [9.17, 15) is 18.0 Å². The number of nitrogens with two attached hydrogens (primary N) is 2. The molecule has 2 aromatic rings. The number of hydrogen-bond donors (Lipinski definition) is 3. The number of carbonyl (C=O) groups is 1. The first kappa shape index (κ1) is 23.0. The lowest BCUT2D eigenvalue weighted by Gasteiger charge is -2.33. The van der Waals surface area contributed by atoms with Crippen LogP contribution >= 0.6 is 0 Å². The molecule has 1 amide bonds. The molecule has 0 spiro atoms. The number of nitrogens with zero attached hydrogens (tertiary/aromatic N) is 2. The predicted molar refractivity (Wildman–Crippen MR) is 117 cm³/mol. The van der Waals surface area contributed by atoms with Gasteiger partial charge >= 0.3 is 6.36 Å². The van der Waals surface area contributed by atoms with Crippen molar-refractivity contribution in [3.8, 4) is 5.75 Å². The van der Waals surface area contributed by atoms with Crippen LogP contribution in [-0.2, 0) is 4.74 Å². The Morgan fingerprint density at radius 3 is 2.58 bits per heavy atom. The van der Waals surface area contributed by atoms with Crippen LogP contribution in [-0.4, -0.2) is 54.5 Å². The molecule has 11 heteroatoms. The number of likely N-dealkylation sites (tertiary alicyclic amines) is 1. The molecule has 178 valence electrons. The fourth-order valence-electron chi connectivity index (χ4n) is 4.18. The first-order valence-electron chi connectivity index (χ1n) is 10.7. The van der Waals surface area contributed by atoms with E-state index in [0.717, 1.165) is 36.4 Å². The zero-order valence-corrected chi connectivity index (χ0v) is 17.9. The number of anilines is 3. The van der Waals surface area contributed by atoms with Crippen molar-refractivity contribution in [2.24, 2.45) is 0 Å². The minimum absolute atomic E-state index is 0.0615. The van der Waals surface area contributed by atoms with E-state index in [4.69, 9.17) is 16.2 Å². The Labute approximate surface area is 189 Å². The summed E-state index contributed by atoms with van der Waals surface area (Å²) in [5.74, 6) is -0.0485. The Kier molecular flexibility index (Phi) is 6.50. The summed E-state index contributed by atoms with van der Waals surface area (Å²) in [6.07, 6.45) is -0.723. The first-order valence-corrected chi connectivity index (χ1v) is 10.7. The van der Waals surface area contributed by atoms with Gasteiger partial charge in [-0.1, -0.05) is 0 Å². The largest absolute Gasteiger partial charge is 0.573 e. The highest BCUT2D eigenvalue weighted by atomic mass is 19.4. The fourth-order valence-corrected chi connectivity index (χ4v) is 4.18. The van der Waals surface area contributed by atoms with E-state index in [1.807, 2.05) is 6.07 Å². The van der Waals surface area contributed by atoms with E-state index in [2.05, 4.69) is 15.0 Å². The topological polar surface area (TPSA) is 116 Å². The second-order valence-corrected chi connectivity index (χ2v) is 8.27. The zero-order chi connectivity index (χ0) is 23.6. The number of piperidine rings is 1. The smallest absolute Gasteiger partial charge is 0.406 e. The summed E-state index contributed by atoms with van der Waals surface area (Å²) in [5, 5.41) is 3.44. The van der Waals surface area contributed by atoms with Crippen molar-refractivity contribution in [3.63, 3.8) is 0 Å². The van der Waals surface area contributed by atoms with Gasteiger partial charge < -0.3 is 31.2 Å². The number of pyridine rings is 1. The Balaban J connectivity index is 1.35. The summed E-state index contributed by atoms with van der Waals surface area (Å²) in [6.45, 7) is 2.37. The van der Waals surface area contributed by atoms with E-state index >= 15 is 0 Å². The summed E-state index contributed by atoms with van der Waals surface area (Å²) in [5.41, 5.74) is 13.8. The van der Waals surface area contributed by atoms with Crippen molar-refractivity contribution in [1.29, 1.82) is 0 Å². The van der Waals surface area contributed by atoms with Gasteiger partial charge in [-0.2, -0.15) is 0 Å². The Morgan fingerprint density at radius 1 is 1.18 bits per heavy atom. The third-order valence-electron chi connectivity index (χ3n) is 5.97. The van der Waals surface area contributed by atoms with Crippen molar-refractivity contribution >= 4 is 23.1 Å². The molecule has 2 saturated heterocycles. The molecule has 3 heterocycles. The van der Waals surface area contributed by atoms with Crippen molar-refractivity contribution in [3.05, 3.63) is 41.6 Å². The molecule has 4 rings (SSSR count). The number of carbonyl (C=O) groups excluding carboxylic acids is 1. The highest BCUT2D eigenvalue weighted by Gasteiger charge is 2.32. The second-order valence-electron chi connectivity index (χ2n) is 8.27. The molecule has 33 heavy (non-hydrogen) atoms. The number of nitrogen functional groups attached to an aromatic ring is 2. The molecule has 5 N–H and O–H groups in total. The first-order chi connectivity index (χ1) is 15.7. The van der Waals surface area contributed by atoms with Crippen LogP contribution in [0.4, 0.5) is 30.4 Å². The van der Waals surface area contributed by atoms with E-state index in [-0.39, 0.29) is 23.2 Å². The summed E-state index contributed by atoms with van der Waals surface area (Å²) >= 11 is 0. The number of amides is 1. The summed E-state index contributed by atoms with van der Waals surface area (Å²) < 4.78 is 46.4. The third-order valence-corrected chi connectivity index (χ3v) is 5.97. The summed E-state index contributed by atoms with van der Waals surface area (Å²) in [6, 6.07) is 5.47. The molecule has 1 unspecified atom stereocenters. The second kappa shape index (κ2) is 9.34. The number of halogens is 3. The van der Waals surface area contributed by atoms with Gasteiger partial charge in [0.2, 0.25) is 0 Å². The molecule has 0 saturated carbocycles. The lowest BCUT2D eigenvalue weighted by molar-refractivity contribution is -0.274. The van der Waals surface area contributed by atoms with Gasteiger partial charge in [0.1, 0.15) is 11.6 Å². The minimum atomic E-state index is -4.82. The SMILES string of the molecule is Nc1cc(OC(F)(F)F)ccc1C(=O)N1CCC(Nc2cc(C3CCOC3)cnc2N)CC1. The Hall–Kier alpha value is -3.21. The normalized spacial score (nSPS) is 19.5. The molecule has 2 aliphatic rings. The van der Waals surface area contributed by atoms with Crippen LogP contribution in [0.3, 0.4) is 0 Å². The number of aromatic nitrogens is 1. The predicted octanol–water partition coefficient (Wildman–Crippen LogP) is 3.37. The molecule has 2 aliphatic heterocycles. The maximum Gasteiger partial charge on any atom is 0.573 e. The zero-order valence-electron chi connectivity index (χ0n) is 17.9. The van der Waals surface area contributed by atoms with Gasteiger partial charge in [-0.25, -0.2) is 4.98 Å². The van der Waals surface area contributed by atoms with Gasteiger partial charge in [-0.15, -0.1) is 13.2 Å². The van der Waals surface area contributed by atoms with Gasteiger partial charge in [0.25, 0.3) is 5.91 Å². The van der Waals surface area contributed by atoms with Crippen LogP contribution in [0.2, 0.25) is 0 Å². The molecule has 0 radical (unpaired) electrons. The number of nitrogens with one attached hydrogen (secondary N) is 1. The van der Waals surface area contributed by atoms with Crippen LogP contribution in [0, 0.1) is 0 Å². The average molecular weight is 465 g/mol. The molecule has 1 atom stereocenters. The maximum absolute atomic E-state index is 12.8. The van der Waals surface area contributed by atoms with Gasteiger partial charge in [-0.05, 0) is 43.0 Å². The molecule has 1 aromatic carbocycles. The fraction of sp³-hybridized carbons (Fsp3) is 0.455. The lowest BCUT2D eigenvalue weighted by atomic mass is 9.99. The third kappa shape index (κ3) is 5.59. The van der Waals surface area contributed by atoms with Crippen LogP contribution < -0.4 is 21.5 Å². The number of hydrogen-bond acceptors (Lipinski definition) is 7. The highest BCUT2D eigenvalue weighted by molar-refractivity contribution is 5.99. The van der Waals surface area contributed by atoms with Crippen LogP contribution in [0.5, 0.6) is 5.75 Å². The monoisotopic (exact) mass is 465 g/mol. The number of alkyl halides is 3. The number of rotatable bonds is 5. The molecule has 8 nitrogen and oxygen atoms in total. The molecular formula is C22H26F3N5O3. The van der Waals surface area contributed by atoms with Crippen LogP contribution in [0.25, 0.3) is 0 Å². The Morgan fingerprint density at radius 2 is 1.94 bits per heavy atom. The highest BCUT2D eigenvalue weighted by Crippen LogP contribution is 2.30. The molecule has 2 fully saturated rings. The quantitative estimate of drug-likeness (QED) is 0.580. The van der Waals surface area contributed by atoms with Gasteiger partial charge in [-0.3, -0.25) is 4.79 Å². The van der Waals surface area contributed by atoms with E-state index < -0.39 is 12.1 Å². The molecule has 1 aromatic heterocycles. The minimum Gasteiger partial charge on any atom is -0.406 e. The van der Waals surface area contributed by atoms with E-state index in [0.29, 0.717) is 44.3 Å². The van der Waals surface area contributed by atoms with E-state index in [1.54, 1.807) is 11.1 Å². The van der Waals surface area contributed by atoms with Gasteiger partial charge in [0, 0.05) is 49.6 Å². The standard InChI is InChI=1S/C22H26F3N5O3/c23-22(24,25)33-16-1-2-17(18(26)10-16)21(31)30-6-3-15(4-7-30)29-19-9-14(11-28-20(19)27)13-5-8-32-12-13/h1-2,9-11,13,15,29H,3-8,12,26H2,(H2,27,28). The van der Waals surface area contributed by atoms with Crippen molar-refractivity contribution in [2.45, 2.75) is 37.6 Å². The molecule has 0 bridgehead atoms. The van der Waals surface area contributed by atoms with Gasteiger partial charge in [0.15, 0.2) is 0 Å². The number of ether oxygens (including phenoxy) is 2. The number of benzene rings is 1. The van der Waals surface area contributed by atoms with Crippen LogP contribution in [0.15, 0.2) is 30.5 Å². The van der Waals surface area contributed by atoms with Crippen LogP contribution in [0.1, 0.15) is 41.1 Å². The Bertz CT molecular complexity index is 1000. The molecule has 0 aliphatic carbocycles. The van der Waals surface area contributed by atoms with Crippen molar-refractivity contribution in [2.75, 3.05) is 43.1 Å². The summed E-state index contributed by atoms with van der Waals surface area (Å²) in [7, 11) is 0. The van der Waals surface area contributed by atoms with Gasteiger partial charge in [0.05, 0.1) is 17.9 Å².